The molecule has 0 atom stereocenters. The molecule has 1 N–H and O–H groups in total. The fourth-order valence-electron chi connectivity index (χ4n) is 3.28. The average molecular weight is 551 g/mol. The lowest BCUT2D eigenvalue weighted by molar-refractivity contribution is -0.142. The number of methoxy groups -OCH3 is 1. The second kappa shape index (κ2) is 11.7. The quantitative estimate of drug-likeness (QED) is 0.222. The first-order valence-corrected chi connectivity index (χ1v) is 11.4. The van der Waals surface area contributed by atoms with Crippen LogP contribution in [-0.4, -0.2) is 51.5 Å². The molecule has 0 radical (unpaired) electrons. The largest absolute Gasteiger partial charge is 0.490 e. The molecular weight excluding hydrogens is 525 g/mol. The predicted octanol–water partition coefficient (Wildman–Crippen LogP) is 3.61. The van der Waals surface area contributed by atoms with Crippen LogP contribution in [-0.2, 0) is 9.53 Å². The van der Waals surface area contributed by atoms with Gasteiger partial charge in [-0.25, -0.2) is 10.2 Å². The molecule has 0 bridgehead atoms. The molecule has 0 aromatic heterocycles. The van der Waals surface area contributed by atoms with Crippen LogP contribution in [0.3, 0.4) is 0 Å². The zero-order valence-corrected chi connectivity index (χ0v) is 20.3. The minimum atomic E-state index is -0.481. The topological polar surface area (TPSA) is 89.5 Å². The first kappa shape index (κ1) is 23.8. The van der Waals surface area contributed by atoms with Gasteiger partial charge in [-0.1, -0.05) is 0 Å². The number of nitrogens with one attached hydrogen (secondary N) is 1. The molecule has 1 saturated heterocycles. The molecule has 2 aromatic carbocycles. The summed E-state index contributed by atoms with van der Waals surface area (Å²) in [6.07, 6.45) is 3.95. The van der Waals surface area contributed by atoms with Gasteiger partial charge in [0.05, 0.1) is 23.5 Å². The van der Waals surface area contributed by atoms with E-state index in [0.717, 1.165) is 22.3 Å². The molecule has 0 unspecified atom stereocenters. The zero-order valence-electron chi connectivity index (χ0n) is 18.1. The standard InChI is InChI=1S/C23H26IN3O5/c1-3-31-20-13-16(12-19(24)22(20)32-15-21(28)30-2)14-25-26-23(29)17-6-8-18(9-7-17)27-10-4-5-11-27/h6-9,12-14H,3-5,10-11,15H2,1-2H3,(H,26,29)/b25-14-. The lowest BCUT2D eigenvalue weighted by Gasteiger charge is -2.17. The van der Waals surface area contributed by atoms with Crippen LogP contribution in [0, 0.1) is 3.57 Å². The van der Waals surface area contributed by atoms with E-state index in [2.05, 4.69) is 42.8 Å². The van der Waals surface area contributed by atoms with Crippen LogP contribution in [0.5, 0.6) is 11.5 Å². The number of hydrogen-bond acceptors (Lipinski definition) is 7. The summed E-state index contributed by atoms with van der Waals surface area (Å²) in [6, 6.07) is 11.1. The monoisotopic (exact) mass is 551 g/mol. The van der Waals surface area contributed by atoms with Gasteiger partial charge in [0.2, 0.25) is 0 Å². The van der Waals surface area contributed by atoms with Gasteiger partial charge in [0.25, 0.3) is 5.91 Å². The highest BCUT2D eigenvalue weighted by Crippen LogP contribution is 2.34. The third kappa shape index (κ3) is 6.35. The van der Waals surface area contributed by atoms with Crippen LogP contribution < -0.4 is 19.8 Å². The summed E-state index contributed by atoms with van der Waals surface area (Å²) in [5, 5.41) is 4.07. The average Bonchev–Trinajstić information content (AvgIpc) is 3.33. The summed E-state index contributed by atoms with van der Waals surface area (Å²) in [5.74, 6) is 0.169. The van der Waals surface area contributed by atoms with Crippen molar-refractivity contribution in [3.63, 3.8) is 0 Å². The molecule has 1 fully saturated rings. The van der Waals surface area contributed by atoms with E-state index in [1.807, 2.05) is 37.3 Å². The van der Waals surface area contributed by atoms with Gasteiger partial charge in [-0.2, -0.15) is 5.10 Å². The Bertz CT molecular complexity index is 972. The molecule has 1 heterocycles. The number of halogens is 1. The minimum absolute atomic E-state index is 0.216. The summed E-state index contributed by atoms with van der Waals surface area (Å²) >= 11 is 2.09. The molecule has 1 amide bonds. The first-order valence-electron chi connectivity index (χ1n) is 10.4. The summed E-state index contributed by atoms with van der Waals surface area (Å²) in [5.41, 5.74) is 4.94. The fourth-order valence-corrected chi connectivity index (χ4v) is 4.07. The second-order valence-corrected chi connectivity index (χ2v) is 8.23. The second-order valence-electron chi connectivity index (χ2n) is 7.07. The van der Waals surface area contributed by atoms with E-state index >= 15 is 0 Å². The van der Waals surface area contributed by atoms with E-state index in [-0.39, 0.29) is 12.5 Å². The number of nitrogens with zero attached hydrogens (tertiary/aromatic N) is 2. The maximum atomic E-state index is 12.4. The Labute approximate surface area is 201 Å². The number of hydrogen-bond donors (Lipinski definition) is 1. The van der Waals surface area contributed by atoms with Gasteiger partial charge in [-0.05, 0) is 84.3 Å². The van der Waals surface area contributed by atoms with E-state index in [1.165, 1.54) is 26.2 Å². The molecule has 8 nitrogen and oxygen atoms in total. The highest BCUT2D eigenvalue weighted by Gasteiger charge is 2.15. The van der Waals surface area contributed by atoms with Crippen molar-refractivity contribution in [1.82, 2.24) is 5.43 Å². The van der Waals surface area contributed by atoms with Crippen molar-refractivity contribution in [3.8, 4) is 11.5 Å². The van der Waals surface area contributed by atoms with Gasteiger partial charge in [0.1, 0.15) is 0 Å². The lowest BCUT2D eigenvalue weighted by atomic mass is 10.2. The van der Waals surface area contributed by atoms with Crippen molar-refractivity contribution < 1.29 is 23.8 Å². The lowest BCUT2D eigenvalue weighted by Crippen LogP contribution is -2.19. The summed E-state index contributed by atoms with van der Waals surface area (Å²) in [7, 11) is 1.30. The number of benzene rings is 2. The van der Waals surface area contributed by atoms with Crippen molar-refractivity contribution in [1.29, 1.82) is 0 Å². The molecule has 3 rings (SSSR count). The Morgan fingerprint density at radius 3 is 2.53 bits per heavy atom. The van der Waals surface area contributed by atoms with Crippen LogP contribution >= 0.6 is 22.6 Å². The third-order valence-corrected chi connectivity index (χ3v) is 5.68. The van der Waals surface area contributed by atoms with Gasteiger partial charge < -0.3 is 19.1 Å². The van der Waals surface area contributed by atoms with Crippen molar-refractivity contribution >= 4 is 46.4 Å². The number of ether oxygens (including phenoxy) is 3. The summed E-state index contributed by atoms with van der Waals surface area (Å²) in [6.45, 7) is 4.19. The number of amides is 1. The number of carbonyl (C=O) groups excluding carboxylic acids is 2. The van der Waals surface area contributed by atoms with Crippen LogP contribution in [0.2, 0.25) is 0 Å². The zero-order chi connectivity index (χ0) is 22.9. The van der Waals surface area contributed by atoms with E-state index in [9.17, 15) is 9.59 Å². The maximum absolute atomic E-state index is 12.4. The molecule has 0 saturated carbocycles. The van der Waals surface area contributed by atoms with Crippen LogP contribution in [0.1, 0.15) is 35.7 Å². The molecule has 0 spiro atoms. The van der Waals surface area contributed by atoms with E-state index in [4.69, 9.17) is 9.47 Å². The van der Waals surface area contributed by atoms with Crippen molar-refractivity contribution in [2.24, 2.45) is 5.10 Å². The molecule has 0 aliphatic carbocycles. The Kier molecular flexibility index (Phi) is 8.72. The van der Waals surface area contributed by atoms with Gasteiger partial charge in [-0.15, -0.1) is 0 Å². The van der Waals surface area contributed by atoms with Crippen LogP contribution in [0.25, 0.3) is 0 Å². The molecule has 32 heavy (non-hydrogen) atoms. The number of anilines is 1. The molecule has 9 heteroatoms. The van der Waals surface area contributed by atoms with Crippen molar-refractivity contribution in [3.05, 3.63) is 51.1 Å². The van der Waals surface area contributed by atoms with Gasteiger partial charge in [0, 0.05) is 24.3 Å². The number of carbonyl (C=O) groups is 2. The Morgan fingerprint density at radius 1 is 1.16 bits per heavy atom. The molecule has 1 aliphatic heterocycles. The van der Waals surface area contributed by atoms with Crippen molar-refractivity contribution in [2.75, 3.05) is 38.3 Å². The van der Waals surface area contributed by atoms with Gasteiger partial charge in [-0.3, -0.25) is 4.79 Å². The smallest absolute Gasteiger partial charge is 0.343 e. The van der Waals surface area contributed by atoms with Gasteiger partial charge in [0.15, 0.2) is 18.1 Å². The predicted molar refractivity (Wildman–Crippen MR) is 131 cm³/mol. The minimum Gasteiger partial charge on any atom is -0.490 e. The van der Waals surface area contributed by atoms with E-state index in [1.54, 1.807) is 6.07 Å². The molecule has 1 aliphatic rings. The molecule has 2 aromatic rings. The Balaban J connectivity index is 1.64. The number of hydrazone groups is 1. The van der Waals surface area contributed by atoms with Gasteiger partial charge >= 0.3 is 5.97 Å². The first-order chi connectivity index (χ1) is 15.5. The van der Waals surface area contributed by atoms with E-state index in [0.29, 0.717) is 29.2 Å². The van der Waals surface area contributed by atoms with E-state index < -0.39 is 5.97 Å². The number of esters is 1. The third-order valence-electron chi connectivity index (χ3n) is 4.87. The highest BCUT2D eigenvalue weighted by molar-refractivity contribution is 14.1. The molecular formula is C23H26IN3O5. The number of rotatable bonds is 9. The van der Waals surface area contributed by atoms with Crippen molar-refractivity contribution in [2.45, 2.75) is 19.8 Å². The Morgan fingerprint density at radius 2 is 1.88 bits per heavy atom. The molecule has 170 valence electrons. The fraction of sp³-hybridized carbons (Fsp3) is 0.348. The SMILES string of the molecule is CCOc1cc(/C=N\NC(=O)c2ccc(N3CCCC3)cc2)cc(I)c1OCC(=O)OC. The summed E-state index contributed by atoms with van der Waals surface area (Å²) in [4.78, 5) is 26.1. The normalized spacial score (nSPS) is 13.3. The maximum Gasteiger partial charge on any atom is 0.343 e. The highest BCUT2D eigenvalue weighted by atomic mass is 127. The summed E-state index contributed by atoms with van der Waals surface area (Å²) < 4.78 is 16.5. The van der Waals surface area contributed by atoms with Crippen LogP contribution in [0.15, 0.2) is 41.5 Å². The van der Waals surface area contributed by atoms with Crippen LogP contribution in [0.4, 0.5) is 5.69 Å². The Hall–Kier alpha value is -2.82.